The number of hydrogen-bond donors (Lipinski definition) is 1. The molecule has 0 aromatic carbocycles. The van der Waals surface area contributed by atoms with Crippen LogP contribution in [0.4, 0.5) is 4.79 Å². The Kier molecular flexibility index (Phi) is 5.25. The van der Waals surface area contributed by atoms with Crippen molar-refractivity contribution < 1.29 is 14.3 Å². The van der Waals surface area contributed by atoms with E-state index in [1.807, 2.05) is 20.8 Å². The van der Waals surface area contributed by atoms with Crippen LogP contribution in [0.3, 0.4) is 0 Å². The fraction of sp³-hybridized carbons (Fsp3) is 0.875. The van der Waals surface area contributed by atoms with E-state index >= 15 is 0 Å². The summed E-state index contributed by atoms with van der Waals surface area (Å²) in [6.07, 6.45) is 5.27. The maximum absolute atomic E-state index is 11.8. The highest BCUT2D eigenvalue weighted by Crippen LogP contribution is 2.25. The van der Waals surface area contributed by atoms with E-state index in [1.54, 1.807) is 0 Å². The molecule has 1 aliphatic heterocycles. The molecule has 1 N–H and O–H groups in total. The summed E-state index contributed by atoms with van der Waals surface area (Å²) >= 11 is 0. The molecule has 2 rings (SSSR count). The summed E-state index contributed by atoms with van der Waals surface area (Å²) in [5.41, 5.74) is -0.443. The summed E-state index contributed by atoms with van der Waals surface area (Å²) in [6, 6.07) is 0.803. The fourth-order valence-corrected chi connectivity index (χ4v) is 3.20. The lowest BCUT2D eigenvalue weighted by molar-refractivity contribution is -0.122. The molecule has 1 aliphatic carbocycles. The van der Waals surface area contributed by atoms with Crippen molar-refractivity contribution in [1.82, 2.24) is 10.2 Å². The van der Waals surface area contributed by atoms with Gasteiger partial charge in [0.2, 0.25) is 0 Å². The lowest BCUT2D eigenvalue weighted by Crippen LogP contribution is -2.47. The highest BCUT2D eigenvalue weighted by molar-refractivity contribution is 5.79. The topological polar surface area (TPSA) is 58.6 Å². The molecule has 0 bridgehead atoms. The van der Waals surface area contributed by atoms with Crippen LogP contribution in [0.1, 0.15) is 59.3 Å². The number of nitrogens with one attached hydrogen (secondary N) is 1. The number of Topliss-reactive ketones (excluding diaryl/α,β-unsaturated/α-hetero) is 1. The SMILES string of the molecule is CC(C)(C)OC(=O)NC1CCC(N2CCC(=O)CC2)CC1. The van der Waals surface area contributed by atoms with Gasteiger partial charge < -0.3 is 10.1 Å². The fourth-order valence-electron chi connectivity index (χ4n) is 3.20. The van der Waals surface area contributed by atoms with Crippen LogP contribution >= 0.6 is 0 Å². The maximum Gasteiger partial charge on any atom is 0.407 e. The monoisotopic (exact) mass is 296 g/mol. The van der Waals surface area contributed by atoms with Crippen molar-refractivity contribution in [2.75, 3.05) is 13.1 Å². The number of carbonyl (C=O) groups excluding carboxylic acids is 2. The summed E-state index contributed by atoms with van der Waals surface area (Å²) < 4.78 is 5.30. The van der Waals surface area contributed by atoms with Gasteiger partial charge in [-0.3, -0.25) is 9.69 Å². The van der Waals surface area contributed by atoms with Gasteiger partial charge in [0, 0.05) is 38.0 Å². The Morgan fingerprint density at radius 2 is 1.71 bits per heavy atom. The van der Waals surface area contributed by atoms with E-state index in [4.69, 9.17) is 4.74 Å². The van der Waals surface area contributed by atoms with Crippen LogP contribution in [0.2, 0.25) is 0 Å². The van der Waals surface area contributed by atoms with Crippen molar-refractivity contribution in [2.45, 2.75) is 77.0 Å². The second-order valence-electron chi connectivity index (χ2n) is 7.23. The zero-order chi connectivity index (χ0) is 15.5. The molecule has 0 aromatic rings. The van der Waals surface area contributed by atoms with Gasteiger partial charge in [-0.25, -0.2) is 4.79 Å². The number of hydrogen-bond acceptors (Lipinski definition) is 4. The average molecular weight is 296 g/mol. The van der Waals surface area contributed by atoms with E-state index in [1.165, 1.54) is 0 Å². The van der Waals surface area contributed by atoms with Crippen molar-refractivity contribution in [1.29, 1.82) is 0 Å². The maximum atomic E-state index is 11.8. The first-order valence-corrected chi connectivity index (χ1v) is 8.09. The van der Waals surface area contributed by atoms with Crippen molar-refractivity contribution in [3.8, 4) is 0 Å². The molecule has 0 radical (unpaired) electrons. The molecular weight excluding hydrogens is 268 g/mol. The first-order chi connectivity index (χ1) is 9.83. The van der Waals surface area contributed by atoms with E-state index < -0.39 is 5.60 Å². The van der Waals surface area contributed by atoms with E-state index in [0.29, 0.717) is 24.7 Å². The number of ketones is 1. The lowest BCUT2D eigenvalue weighted by atomic mass is 9.89. The van der Waals surface area contributed by atoms with Crippen molar-refractivity contribution in [3.63, 3.8) is 0 Å². The number of likely N-dealkylation sites (tertiary alicyclic amines) is 1. The van der Waals surface area contributed by atoms with Crippen molar-refractivity contribution in [3.05, 3.63) is 0 Å². The van der Waals surface area contributed by atoms with Gasteiger partial charge in [-0.15, -0.1) is 0 Å². The molecule has 5 heteroatoms. The number of piperidine rings is 1. The Labute approximate surface area is 127 Å². The van der Waals surface area contributed by atoms with Crippen LogP contribution in [0.25, 0.3) is 0 Å². The number of ether oxygens (including phenoxy) is 1. The molecule has 0 aromatic heterocycles. The van der Waals surface area contributed by atoms with Gasteiger partial charge in [0.1, 0.15) is 11.4 Å². The van der Waals surface area contributed by atoms with E-state index in [2.05, 4.69) is 10.2 Å². The highest BCUT2D eigenvalue weighted by atomic mass is 16.6. The van der Waals surface area contributed by atoms with Gasteiger partial charge >= 0.3 is 6.09 Å². The van der Waals surface area contributed by atoms with Crippen LogP contribution in [0.5, 0.6) is 0 Å². The summed E-state index contributed by atoms with van der Waals surface area (Å²) in [4.78, 5) is 25.5. The first kappa shape index (κ1) is 16.3. The normalized spacial score (nSPS) is 28.2. The summed E-state index contributed by atoms with van der Waals surface area (Å²) in [5.74, 6) is 0.395. The summed E-state index contributed by atoms with van der Waals surface area (Å²) in [7, 11) is 0. The average Bonchev–Trinajstić information content (AvgIpc) is 2.38. The molecule has 1 amide bonds. The first-order valence-electron chi connectivity index (χ1n) is 8.09. The van der Waals surface area contributed by atoms with E-state index in [-0.39, 0.29) is 12.1 Å². The Balaban J connectivity index is 1.71. The highest BCUT2D eigenvalue weighted by Gasteiger charge is 2.29. The number of carbonyl (C=O) groups is 2. The van der Waals surface area contributed by atoms with Gasteiger partial charge in [0.05, 0.1) is 0 Å². The molecule has 1 saturated heterocycles. The standard InChI is InChI=1S/C16H28N2O3/c1-16(2,3)21-15(20)17-12-4-6-13(7-5-12)18-10-8-14(19)9-11-18/h12-13H,4-11H2,1-3H3,(H,17,20). The van der Waals surface area contributed by atoms with Crippen LogP contribution < -0.4 is 5.32 Å². The minimum atomic E-state index is -0.443. The van der Waals surface area contributed by atoms with Gasteiger partial charge in [0.25, 0.3) is 0 Å². The predicted molar refractivity (Wildman–Crippen MR) is 81.2 cm³/mol. The number of rotatable bonds is 2. The molecule has 0 spiro atoms. The molecule has 2 aliphatic rings. The quantitative estimate of drug-likeness (QED) is 0.850. The third-order valence-corrected chi connectivity index (χ3v) is 4.29. The molecule has 5 nitrogen and oxygen atoms in total. The zero-order valence-electron chi connectivity index (χ0n) is 13.5. The molecule has 2 fully saturated rings. The van der Waals surface area contributed by atoms with Crippen LogP contribution in [0, 0.1) is 0 Å². The molecule has 21 heavy (non-hydrogen) atoms. The second-order valence-corrected chi connectivity index (χ2v) is 7.23. The van der Waals surface area contributed by atoms with E-state index in [9.17, 15) is 9.59 Å². The molecule has 0 unspecified atom stereocenters. The number of amides is 1. The molecule has 1 saturated carbocycles. The van der Waals surface area contributed by atoms with Gasteiger partial charge in [-0.1, -0.05) is 0 Å². The summed E-state index contributed by atoms with van der Waals surface area (Å²) in [5, 5.41) is 2.97. The van der Waals surface area contributed by atoms with E-state index in [0.717, 1.165) is 38.8 Å². The minimum absolute atomic E-state index is 0.225. The molecule has 1 heterocycles. The Morgan fingerprint density at radius 1 is 1.14 bits per heavy atom. The summed E-state index contributed by atoms with van der Waals surface area (Å²) in [6.45, 7) is 7.45. The van der Waals surface area contributed by atoms with Crippen LogP contribution in [-0.2, 0) is 9.53 Å². The zero-order valence-corrected chi connectivity index (χ0v) is 13.5. The third-order valence-electron chi connectivity index (χ3n) is 4.29. The number of nitrogens with zero attached hydrogens (tertiary/aromatic N) is 1. The van der Waals surface area contributed by atoms with Crippen LogP contribution in [0.15, 0.2) is 0 Å². The second kappa shape index (κ2) is 6.77. The molecular formula is C16H28N2O3. The largest absolute Gasteiger partial charge is 0.444 e. The Morgan fingerprint density at radius 3 is 2.24 bits per heavy atom. The van der Waals surface area contributed by atoms with Gasteiger partial charge in [-0.05, 0) is 46.5 Å². The minimum Gasteiger partial charge on any atom is -0.444 e. The van der Waals surface area contributed by atoms with Gasteiger partial charge in [0.15, 0.2) is 0 Å². The Bertz CT molecular complexity index is 371. The molecule has 0 atom stereocenters. The smallest absolute Gasteiger partial charge is 0.407 e. The van der Waals surface area contributed by atoms with Crippen LogP contribution in [-0.4, -0.2) is 47.6 Å². The van der Waals surface area contributed by atoms with Gasteiger partial charge in [-0.2, -0.15) is 0 Å². The van der Waals surface area contributed by atoms with Crippen molar-refractivity contribution >= 4 is 11.9 Å². The lowest BCUT2D eigenvalue weighted by Gasteiger charge is -2.38. The Hall–Kier alpha value is -1.10. The number of alkyl carbamates (subject to hydrolysis) is 1. The third kappa shape index (κ3) is 5.30. The van der Waals surface area contributed by atoms with Crippen molar-refractivity contribution in [2.24, 2.45) is 0 Å². The predicted octanol–water partition coefficient (Wildman–Crippen LogP) is 2.49. The molecule has 120 valence electrons.